The summed E-state index contributed by atoms with van der Waals surface area (Å²) < 4.78 is 18.1. The highest BCUT2D eigenvalue weighted by Crippen LogP contribution is 2.58. The van der Waals surface area contributed by atoms with E-state index in [9.17, 15) is 0 Å². The molecule has 3 heteroatoms. The van der Waals surface area contributed by atoms with Crippen molar-refractivity contribution in [3.63, 3.8) is 0 Å². The van der Waals surface area contributed by atoms with Crippen molar-refractivity contribution in [3.8, 4) is 16.9 Å². The zero-order chi connectivity index (χ0) is 38.0. The molecular formula is C50H66O3. The van der Waals surface area contributed by atoms with Crippen LogP contribution in [-0.2, 0) is 32.1 Å². The van der Waals surface area contributed by atoms with Gasteiger partial charge in [0.15, 0.2) is 0 Å². The van der Waals surface area contributed by atoms with Gasteiger partial charge in [-0.2, -0.15) is 0 Å². The minimum Gasteiger partial charge on any atom is -0.493 e. The van der Waals surface area contributed by atoms with Gasteiger partial charge in [0.25, 0.3) is 0 Å². The van der Waals surface area contributed by atoms with Crippen LogP contribution in [0.1, 0.15) is 144 Å². The van der Waals surface area contributed by atoms with Crippen LogP contribution in [0, 0.1) is 19.3 Å². The van der Waals surface area contributed by atoms with Crippen LogP contribution in [0.3, 0.4) is 0 Å². The molecular weight excluding hydrogens is 649 g/mol. The van der Waals surface area contributed by atoms with E-state index in [1.54, 1.807) is 0 Å². The second-order valence-corrected chi connectivity index (χ2v) is 18.3. The lowest BCUT2D eigenvalue weighted by atomic mass is 9.64. The molecule has 0 saturated carbocycles. The van der Waals surface area contributed by atoms with Crippen LogP contribution in [-0.4, -0.2) is 33.0 Å². The van der Waals surface area contributed by atoms with E-state index in [-0.39, 0.29) is 16.2 Å². The maximum Gasteiger partial charge on any atom is 0.122 e. The predicted molar refractivity (Wildman–Crippen MR) is 223 cm³/mol. The van der Waals surface area contributed by atoms with E-state index in [2.05, 4.69) is 142 Å². The number of unbranched alkanes of at least 4 members (excludes halogenated alkanes) is 3. The molecule has 0 unspecified atom stereocenters. The Hall–Kier alpha value is -3.40. The average Bonchev–Trinajstić information content (AvgIpc) is 3.39. The topological polar surface area (TPSA) is 27.7 Å². The fourth-order valence-corrected chi connectivity index (χ4v) is 8.48. The number of aryl methyl sites for hydroxylation is 3. The third-order valence-electron chi connectivity index (χ3n) is 12.1. The fraction of sp³-hybridized carbons (Fsp3) is 0.520. The Labute approximate surface area is 321 Å². The van der Waals surface area contributed by atoms with Crippen LogP contribution in [0.25, 0.3) is 11.1 Å². The van der Waals surface area contributed by atoms with Crippen molar-refractivity contribution in [1.29, 1.82) is 0 Å². The summed E-state index contributed by atoms with van der Waals surface area (Å²) >= 11 is 0. The summed E-state index contributed by atoms with van der Waals surface area (Å²) in [6, 6.07) is 28.8. The Balaban J connectivity index is 1.35. The SMILES string of the molecule is CCCc1cc(C2(c3cc(C)ccc3C)c3cc(C(C)(C)C)ccc3-c3ccc(C(C)(C)C)cc32)ccc1OCCCCCCOCC1(CC)COC1. The lowest BCUT2D eigenvalue weighted by Gasteiger charge is -2.40. The van der Waals surface area contributed by atoms with E-state index in [0.29, 0.717) is 0 Å². The normalized spacial score (nSPS) is 15.9. The van der Waals surface area contributed by atoms with Gasteiger partial charge in [-0.25, -0.2) is 0 Å². The Morgan fingerprint density at radius 3 is 1.83 bits per heavy atom. The lowest BCUT2D eigenvalue weighted by molar-refractivity contribution is -0.150. The van der Waals surface area contributed by atoms with Crippen molar-refractivity contribution in [2.45, 2.75) is 130 Å². The number of ether oxygens (including phenoxy) is 3. The third kappa shape index (κ3) is 7.90. The molecule has 0 aromatic heterocycles. The Bertz CT molecular complexity index is 1810. The summed E-state index contributed by atoms with van der Waals surface area (Å²) in [7, 11) is 0. The first-order valence-corrected chi connectivity index (χ1v) is 20.5. The van der Waals surface area contributed by atoms with Gasteiger partial charge in [0.05, 0.1) is 31.8 Å². The van der Waals surface area contributed by atoms with Crippen LogP contribution >= 0.6 is 0 Å². The van der Waals surface area contributed by atoms with Crippen molar-refractivity contribution < 1.29 is 14.2 Å². The minimum atomic E-state index is -0.463. The van der Waals surface area contributed by atoms with Crippen molar-refractivity contribution in [2.24, 2.45) is 5.41 Å². The van der Waals surface area contributed by atoms with Crippen LogP contribution in [0.4, 0.5) is 0 Å². The quantitative estimate of drug-likeness (QED) is 0.101. The minimum absolute atomic E-state index is 0.0230. The number of rotatable bonds is 15. The molecule has 1 aliphatic carbocycles. The number of hydrogen-bond acceptors (Lipinski definition) is 3. The van der Waals surface area contributed by atoms with Crippen molar-refractivity contribution in [3.05, 3.63) is 123 Å². The molecule has 0 amide bonds. The zero-order valence-electron chi connectivity index (χ0n) is 34.6. The van der Waals surface area contributed by atoms with Crippen LogP contribution in [0.2, 0.25) is 0 Å². The molecule has 284 valence electrons. The molecule has 1 aliphatic heterocycles. The first kappa shape index (κ1) is 39.3. The molecule has 2 aliphatic rings. The highest BCUT2D eigenvalue weighted by Gasteiger charge is 2.48. The number of hydrogen-bond donors (Lipinski definition) is 0. The van der Waals surface area contributed by atoms with E-state index in [1.165, 1.54) is 67.6 Å². The van der Waals surface area contributed by atoms with Crippen LogP contribution < -0.4 is 4.74 Å². The molecule has 0 bridgehead atoms. The van der Waals surface area contributed by atoms with Crippen LogP contribution in [0.5, 0.6) is 5.75 Å². The van der Waals surface area contributed by atoms with Gasteiger partial charge < -0.3 is 14.2 Å². The summed E-state index contributed by atoms with van der Waals surface area (Å²) in [5.74, 6) is 1.04. The summed E-state index contributed by atoms with van der Waals surface area (Å²) in [4.78, 5) is 0. The molecule has 0 spiro atoms. The number of fused-ring (bicyclic) bond motifs is 3. The predicted octanol–water partition coefficient (Wildman–Crippen LogP) is 12.6. The molecule has 3 nitrogen and oxygen atoms in total. The van der Waals surface area contributed by atoms with Gasteiger partial charge >= 0.3 is 0 Å². The number of benzene rings is 4. The van der Waals surface area contributed by atoms with Crippen LogP contribution in [0.15, 0.2) is 72.8 Å². The van der Waals surface area contributed by atoms with Gasteiger partial charge in [-0.05, 0) is 118 Å². The third-order valence-corrected chi connectivity index (χ3v) is 12.1. The molecule has 0 radical (unpaired) electrons. The average molecular weight is 715 g/mol. The second-order valence-electron chi connectivity index (χ2n) is 18.3. The summed E-state index contributed by atoms with van der Waals surface area (Å²) in [5.41, 5.74) is 14.7. The summed E-state index contributed by atoms with van der Waals surface area (Å²) in [6.07, 6.45) is 7.67. The van der Waals surface area contributed by atoms with Gasteiger partial charge in [-0.15, -0.1) is 0 Å². The largest absolute Gasteiger partial charge is 0.493 e. The van der Waals surface area contributed by atoms with E-state index in [4.69, 9.17) is 14.2 Å². The molecule has 0 atom stereocenters. The molecule has 6 rings (SSSR count). The molecule has 1 heterocycles. The van der Waals surface area contributed by atoms with E-state index in [1.807, 2.05) is 0 Å². The molecule has 4 aromatic carbocycles. The Kier molecular flexibility index (Phi) is 11.7. The highest BCUT2D eigenvalue weighted by molar-refractivity contribution is 5.87. The van der Waals surface area contributed by atoms with Crippen molar-refractivity contribution >= 4 is 0 Å². The maximum absolute atomic E-state index is 6.62. The van der Waals surface area contributed by atoms with Gasteiger partial charge in [0.1, 0.15) is 5.75 Å². The fourth-order valence-electron chi connectivity index (χ4n) is 8.48. The lowest BCUT2D eigenvalue weighted by Crippen LogP contribution is -2.45. The summed E-state index contributed by atoms with van der Waals surface area (Å²) in [5, 5.41) is 0. The smallest absolute Gasteiger partial charge is 0.122 e. The molecule has 53 heavy (non-hydrogen) atoms. The van der Waals surface area contributed by atoms with Gasteiger partial charge in [0, 0.05) is 12.0 Å². The molecule has 4 aromatic rings. The first-order valence-electron chi connectivity index (χ1n) is 20.5. The van der Waals surface area contributed by atoms with E-state index >= 15 is 0 Å². The summed E-state index contributed by atoms with van der Waals surface area (Å²) in [6.45, 7) is 27.2. The van der Waals surface area contributed by atoms with E-state index in [0.717, 1.165) is 77.3 Å². The first-order chi connectivity index (χ1) is 25.2. The van der Waals surface area contributed by atoms with Crippen molar-refractivity contribution in [2.75, 3.05) is 33.0 Å². The second kappa shape index (κ2) is 15.8. The highest BCUT2D eigenvalue weighted by atomic mass is 16.5. The van der Waals surface area contributed by atoms with E-state index < -0.39 is 5.41 Å². The molecule has 0 N–H and O–H groups in total. The molecule has 1 saturated heterocycles. The van der Waals surface area contributed by atoms with Crippen molar-refractivity contribution in [1.82, 2.24) is 0 Å². The van der Waals surface area contributed by atoms with Gasteiger partial charge in [-0.3, -0.25) is 0 Å². The Morgan fingerprint density at radius 1 is 0.660 bits per heavy atom. The molecule has 1 fully saturated rings. The van der Waals surface area contributed by atoms with Gasteiger partial charge in [0.2, 0.25) is 0 Å². The zero-order valence-corrected chi connectivity index (χ0v) is 34.6. The maximum atomic E-state index is 6.62. The Morgan fingerprint density at radius 2 is 1.28 bits per heavy atom. The van der Waals surface area contributed by atoms with Gasteiger partial charge in [-0.1, -0.05) is 141 Å². The monoisotopic (exact) mass is 715 g/mol. The standard InChI is InChI=1S/C50H66O3/c1-11-17-37-29-40(22-25-46(37)53-27-16-14-13-15-26-51-32-49(12-2)33-52-34-49)50(43-28-35(3)18-19-36(43)4)44-30-38(47(5,6)7)20-23-41(44)42-24-21-39(31-45(42)50)48(8,9)10/h18-25,28-31H,11-17,26-27,32-34H2,1-10H3.